The minimum atomic E-state index is 0.438. The number of H-pyrrole nitrogens is 1. The van der Waals surface area contributed by atoms with Crippen molar-refractivity contribution in [2.24, 2.45) is 0 Å². The highest BCUT2D eigenvalue weighted by Gasteiger charge is 2.11. The third-order valence-corrected chi connectivity index (χ3v) is 3.51. The molecule has 3 aromatic rings. The van der Waals surface area contributed by atoms with Gasteiger partial charge in [-0.15, -0.1) is 0 Å². The molecule has 0 unspecified atom stereocenters. The molecule has 0 bridgehead atoms. The van der Waals surface area contributed by atoms with Crippen molar-refractivity contribution in [3.8, 4) is 17.3 Å². The van der Waals surface area contributed by atoms with Crippen LogP contribution in [0, 0.1) is 6.92 Å². The summed E-state index contributed by atoms with van der Waals surface area (Å²) < 4.78 is 16.0. The van der Waals surface area contributed by atoms with Gasteiger partial charge in [0.25, 0.3) is 5.89 Å². The predicted molar refractivity (Wildman–Crippen MR) is 87.6 cm³/mol. The van der Waals surface area contributed by atoms with Crippen molar-refractivity contribution in [3.63, 3.8) is 0 Å². The zero-order valence-electron chi connectivity index (χ0n) is 13.8. The molecule has 0 saturated carbocycles. The fourth-order valence-corrected chi connectivity index (χ4v) is 2.23. The first-order valence-electron chi connectivity index (χ1n) is 7.80. The van der Waals surface area contributed by atoms with Crippen LogP contribution in [0.15, 0.2) is 34.9 Å². The Kier molecular flexibility index (Phi) is 5.22. The maximum Gasteiger partial charge on any atom is 0.278 e. The molecule has 2 heterocycles. The Bertz CT molecular complexity index is 764. The molecule has 0 saturated heterocycles. The molecule has 3 rings (SSSR count). The molecule has 0 aliphatic heterocycles. The molecule has 2 aromatic heterocycles. The number of benzene rings is 1. The first-order chi connectivity index (χ1) is 11.7. The van der Waals surface area contributed by atoms with E-state index in [9.17, 15) is 0 Å². The lowest BCUT2D eigenvalue weighted by Gasteiger charge is -2.04. The largest absolute Gasteiger partial charge is 0.497 e. The molecule has 0 aliphatic rings. The summed E-state index contributed by atoms with van der Waals surface area (Å²) in [4.78, 5) is 4.34. The van der Waals surface area contributed by atoms with Crippen molar-refractivity contribution < 1.29 is 14.0 Å². The second-order valence-corrected chi connectivity index (χ2v) is 5.46. The molecule has 7 nitrogen and oxygen atoms in total. The van der Waals surface area contributed by atoms with Crippen molar-refractivity contribution in [1.29, 1.82) is 0 Å². The average molecular weight is 328 g/mol. The van der Waals surface area contributed by atoms with Gasteiger partial charge < -0.3 is 14.0 Å². The fraction of sp³-hybridized carbons (Fsp3) is 0.353. The first kappa shape index (κ1) is 16.2. The van der Waals surface area contributed by atoms with Gasteiger partial charge >= 0.3 is 0 Å². The SMILES string of the molecule is COc1ccc(COCCCc2noc(-c3cc(C)[nH]n3)n2)cc1. The van der Waals surface area contributed by atoms with Gasteiger partial charge in [-0.2, -0.15) is 10.1 Å². The molecule has 1 N–H and O–H groups in total. The van der Waals surface area contributed by atoms with Crippen molar-refractivity contribution in [3.05, 3.63) is 47.4 Å². The minimum Gasteiger partial charge on any atom is -0.497 e. The molecule has 1 aromatic carbocycles. The third-order valence-electron chi connectivity index (χ3n) is 3.51. The lowest BCUT2D eigenvalue weighted by atomic mass is 10.2. The lowest BCUT2D eigenvalue weighted by molar-refractivity contribution is 0.118. The summed E-state index contributed by atoms with van der Waals surface area (Å²) in [5.74, 6) is 1.95. The molecule has 0 amide bonds. The van der Waals surface area contributed by atoms with E-state index in [4.69, 9.17) is 14.0 Å². The van der Waals surface area contributed by atoms with Crippen LogP contribution in [0.3, 0.4) is 0 Å². The summed E-state index contributed by atoms with van der Waals surface area (Å²) in [6.07, 6.45) is 1.53. The van der Waals surface area contributed by atoms with Crippen molar-refractivity contribution in [1.82, 2.24) is 20.3 Å². The zero-order valence-corrected chi connectivity index (χ0v) is 13.8. The molecule has 24 heavy (non-hydrogen) atoms. The highest BCUT2D eigenvalue weighted by atomic mass is 16.5. The van der Waals surface area contributed by atoms with Gasteiger partial charge in [0.15, 0.2) is 11.5 Å². The Morgan fingerprint density at radius 2 is 2.04 bits per heavy atom. The summed E-state index contributed by atoms with van der Waals surface area (Å²) in [6, 6.07) is 9.72. The van der Waals surface area contributed by atoms with Gasteiger partial charge in [-0.3, -0.25) is 5.10 Å². The van der Waals surface area contributed by atoms with E-state index in [1.807, 2.05) is 37.3 Å². The third kappa shape index (κ3) is 4.20. The Labute approximate surface area is 140 Å². The number of nitrogens with one attached hydrogen (secondary N) is 1. The zero-order chi connectivity index (χ0) is 16.8. The molecule has 0 atom stereocenters. The normalized spacial score (nSPS) is 10.9. The Hall–Kier alpha value is -2.67. The van der Waals surface area contributed by atoms with Crippen molar-refractivity contribution in [2.75, 3.05) is 13.7 Å². The van der Waals surface area contributed by atoms with Crippen LogP contribution in [0.25, 0.3) is 11.6 Å². The standard InChI is InChI=1S/C17H20N4O3/c1-12-10-15(20-19-12)17-18-16(21-24-17)4-3-9-23-11-13-5-7-14(22-2)8-6-13/h5-8,10H,3-4,9,11H2,1-2H3,(H,19,20). The molecule has 126 valence electrons. The minimum absolute atomic E-state index is 0.438. The number of aryl methyl sites for hydroxylation is 2. The predicted octanol–water partition coefficient (Wildman–Crippen LogP) is 2.93. The van der Waals surface area contributed by atoms with E-state index >= 15 is 0 Å². The van der Waals surface area contributed by atoms with Crippen LogP contribution >= 0.6 is 0 Å². The number of hydrogen-bond donors (Lipinski definition) is 1. The Balaban J connectivity index is 1.39. The van der Waals surface area contributed by atoms with Crippen LogP contribution in [0.1, 0.15) is 23.5 Å². The Morgan fingerprint density at radius 1 is 1.21 bits per heavy atom. The number of ether oxygens (including phenoxy) is 2. The van der Waals surface area contributed by atoms with E-state index in [1.165, 1.54) is 0 Å². The number of nitrogens with zero attached hydrogens (tertiary/aromatic N) is 3. The van der Waals surface area contributed by atoms with E-state index in [0.29, 0.717) is 37.0 Å². The summed E-state index contributed by atoms with van der Waals surface area (Å²) in [5.41, 5.74) is 2.74. The number of methoxy groups -OCH3 is 1. The van der Waals surface area contributed by atoms with Gasteiger partial charge in [-0.25, -0.2) is 0 Å². The Morgan fingerprint density at radius 3 is 2.75 bits per heavy atom. The molecular weight excluding hydrogens is 308 g/mol. The molecule has 0 spiro atoms. The van der Waals surface area contributed by atoms with Crippen LogP contribution < -0.4 is 4.74 Å². The van der Waals surface area contributed by atoms with Crippen LogP contribution in [0.2, 0.25) is 0 Å². The lowest BCUT2D eigenvalue weighted by Crippen LogP contribution is -1.98. The van der Waals surface area contributed by atoms with Gasteiger partial charge in [-0.1, -0.05) is 17.3 Å². The van der Waals surface area contributed by atoms with Crippen LogP contribution in [0.4, 0.5) is 0 Å². The molecule has 0 fully saturated rings. The molecular formula is C17H20N4O3. The van der Waals surface area contributed by atoms with Gasteiger partial charge in [-0.05, 0) is 37.1 Å². The van der Waals surface area contributed by atoms with Crippen molar-refractivity contribution >= 4 is 0 Å². The number of rotatable bonds is 8. The monoisotopic (exact) mass is 328 g/mol. The van der Waals surface area contributed by atoms with Crippen molar-refractivity contribution in [2.45, 2.75) is 26.4 Å². The van der Waals surface area contributed by atoms with Gasteiger partial charge in [0.2, 0.25) is 0 Å². The second-order valence-electron chi connectivity index (χ2n) is 5.46. The first-order valence-corrected chi connectivity index (χ1v) is 7.80. The smallest absolute Gasteiger partial charge is 0.278 e. The maximum absolute atomic E-state index is 5.67. The maximum atomic E-state index is 5.67. The van der Waals surface area contributed by atoms with Crippen LogP contribution in [-0.2, 0) is 17.8 Å². The number of aromatic amines is 1. The second kappa shape index (κ2) is 7.74. The summed E-state index contributed by atoms with van der Waals surface area (Å²) in [5, 5.41) is 10.9. The van der Waals surface area contributed by atoms with Gasteiger partial charge in [0, 0.05) is 18.7 Å². The van der Waals surface area contributed by atoms with Crippen LogP contribution in [-0.4, -0.2) is 34.1 Å². The molecule has 0 radical (unpaired) electrons. The summed E-state index contributed by atoms with van der Waals surface area (Å²) in [7, 11) is 1.65. The van der Waals surface area contributed by atoms with Gasteiger partial charge in [0.05, 0.1) is 13.7 Å². The highest BCUT2D eigenvalue weighted by Crippen LogP contribution is 2.15. The van der Waals surface area contributed by atoms with E-state index < -0.39 is 0 Å². The van der Waals surface area contributed by atoms with E-state index in [-0.39, 0.29) is 0 Å². The van der Waals surface area contributed by atoms with Crippen LogP contribution in [0.5, 0.6) is 5.75 Å². The molecule has 0 aliphatic carbocycles. The van der Waals surface area contributed by atoms with E-state index in [1.54, 1.807) is 7.11 Å². The molecule has 7 heteroatoms. The van der Waals surface area contributed by atoms with Gasteiger partial charge in [0.1, 0.15) is 5.75 Å². The topological polar surface area (TPSA) is 86.1 Å². The number of hydrogen-bond acceptors (Lipinski definition) is 6. The quantitative estimate of drug-likeness (QED) is 0.640. The van der Waals surface area contributed by atoms with E-state index in [2.05, 4.69) is 20.3 Å². The van der Waals surface area contributed by atoms with E-state index in [0.717, 1.165) is 23.4 Å². The average Bonchev–Trinajstić information content (AvgIpc) is 3.24. The summed E-state index contributed by atoms with van der Waals surface area (Å²) in [6.45, 7) is 3.14. The fourth-order valence-electron chi connectivity index (χ4n) is 2.23. The highest BCUT2D eigenvalue weighted by molar-refractivity contribution is 5.46. The summed E-state index contributed by atoms with van der Waals surface area (Å²) >= 11 is 0. The number of aromatic nitrogens is 4.